The van der Waals surface area contributed by atoms with E-state index in [0.29, 0.717) is 16.4 Å². The van der Waals surface area contributed by atoms with Crippen LogP contribution in [0.4, 0.5) is 0 Å². The van der Waals surface area contributed by atoms with Crippen LogP contribution in [-0.2, 0) is 6.61 Å². The number of hydrogen-bond donors (Lipinski definition) is 0. The quantitative estimate of drug-likeness (QED) is 0.679. The fourth-order valence-electron chi connectivity index (χ4n) is 1.61. The first-order valence-corrected chi connectivity index (χ1v) is 8.21. The van der Waals surface area contributed by atoms with Crippen molar-refractivity contribution in [3.05, 3.63) is 60.2 Å². The molecule has 0 saturated heterocycles. The highest BCUT2D eigenvalue weighted by Gasteiger charge is 2.19. The molecule has 2 radical (unpaired) electrons. The van der Waals surface area contributed by atoms with Gasteiger partial charge in [0.1, 0.15) is 18.1 Å². The summed E-state index contributed by atoms with van der Waals surface area (Å²) >= 11 is 0. The lowest BCUT2D eigenvalue weighted by atomic mass is 10.1. The third kappa shape index (κ3) is 5.27. The second-order valence-electron chi connectivity index (χ2n) is 5.69. The molecular weight excluding hydrogens is 276 g/mol. The molecule has 110 valence electrons. The lowest BCUT2D eigenvalue weighted by molar-refractivity contribution is 0.306. The Kier molecular flexibility index (Phi) is 5.45. The fraction of sp³-hybridized carbons (Fsp3) is 0.333. The van der Waals surface area contributed by atoms with Crippen molar-refractivity contribution in [3.8, 4) is 11.5 Å². The molecule has 0 spiro atoms. The second kappa shape index (κ2) is 7.32. The first-order chi connectivity index (χ1) is 10.1. The standard InChI is InChI=1S/C18H22O2Si/c1-4-18(2,3)21-20-17-12-10-16(11-13-17)19-14-15-8-6-5-7-9-15/h5-13H,4,14H2,1-3H3. The van der Waals surface area contributed by atoms with E-state index >= 15 is 0 Å². The highest BCUT2D eigenvalue weighted by atomic mass is 28.2. The lowest BCUT2D eigenvalue weighted by Gasteiger charge is -2.20. The zero-order chi connectivity index (χ0) is 15.1. The van der Waals surface area contributed by atoms with Crippen LogP contribution in [0.1, 0.15) is 32.8 Å². The maximum atomic E-state index is 5.85. The number of rotatable bonds is 7. The summed E-state index contributed by atoms with van der Waals surface area (Å²) < 4.78 is 11.6. The summed E-state index contributed by atoms with van der Waals surface area (Å²) in [7, 11) is 0.471. The van der Waals surface area contributed by atoms with E-state index in [2.05, 4.69) is 32.9 Å². The van der Waals surface area contributed by atoms with Gasteiger partial charge in [0.15, 0.2) is 0 Å². The minimum Gasteiger partial charge on any atom is -0.540 e. The average molecular weight is 298 g/mol. The van der Waals surface area contributed by atoms with Crippen LogP contribution in [-0.4, -0.2) is 9.76 Å². The summed E-state index contributed by atoms with van der Waals surface area (Å²) in [5.41, 5.74) is 1.17. The maximum Gasteiger partial charge on any atom is 0.317 e. The summed E-state index contributed by atoms with van der Waals surface area (Å²) in [6, 6.07) is 18.0. The Morgan fingerprint density at radius 2 is 1.52 bits per heavy atom. The van der Waals surface area contributed by atoms with E-state index in [9.17, 15) is 0 Å². The van der Waals surface area contributed by atoms with Gasteiger partial charge in [-0.05, 0) is 34.9 Å². The van der Waals surface area contributed by atoms with Crippen LogP contribution in [0.15, 0.2) is 54.6 Å². The predicted octanol–water partition coefficient (Wildman–Crippen LogP) is 4.87. The third-order valence-electron chi connectivity index (χ3n) is 3.40. The summed E-state index contributed by atoms with van der Waals surface area (Å²) in [5.74, 6) is 1.77. The maximum absolute atomic E-state index is 5.85. The van der Waals surface area contributed by atoms with Gasteiger partial charge in [-0.15, -0.1) is 0 Å². The van der Waals surface area contributed by atoms with E-state index in [4.69, 9.17) is 9.16 Å². The van der Waals surface area contributed by atoms with Crippen molar-refractivity contribution in [2.75, 3.05) is 0 Å². The van der Waals surface area contributed by atoms with Gasteiger partial charge >= 0.3 is 9.76 Å². The molecule has 21 heavy (non-hydrogen) atoms. The van der Waals surface area contributed by atoms with Crippen molar-refractivity contribution in [2.24, 2.45) is 0 Å². The molecule has 0 N–H and O–H groups in total. The molecule has 0 atom stereocenters. The molecule has 0 heterocycles. The molecule has 0 aliphatic heterocycles. The normalized spacial score (nSPS) is 11.2. The van der Waals surface area contributed by atoms with Crippen LogP contribution < -0.4 is 9.16 Å². The van der Waals surface area contributed by atoms with E-state index < -0.39 is 0 Å². The van der Waals surface area contributed by atoms with E-state index in [1.807, 2.05) is 42.5 Å². The first kappa shape index (κ1) is 15.6. The molecule has 0 fully saturated rings. The number of benzene rings is 2. The van der Waals surface area contributed by atoms with Gasteiger partial charge in [-0.1, -0.05) is 57.5 Å². The Morgan fingerprint density at radius 3 is 2.14 bits per heavy atom. The molecule has 2 aromatic carbocycles. The Hall–Kier alpha value is -1.74. The molecule has 0 amide bonds. The van der Waals surface area contributed by atoms with Crippen molar-refractivity contribution < 1.29 is 9.16 Å². The van der Waals surface area contributed by atoms with Crippen LogP contribution in [0.25, 0.3) is 0 Å². The van der Waals surface area contributed by atoms with Gasteiger partial charge in [0.25, 0.3) is 0 Å². The van der Waals surface area contributed by atoms with Gasteiger partial charge in [-0.2, -0.15) is 0 Å². The van der Waals surface area contributed by atoms with E-state index in [1.165, 1.54) is 5.56 Å². The van der Waals surface area contributed by atoms with Gasteiger partial charge in [-0.3, -0.25) is 0 Å². The second-order valence-corrected chi connectivity index (χ2v) is 7.45. The SMILES string of the molecule is CCC(C)(C)[Si]Oc1ccc(OCc2ccccc2)cc1. The van der Waals surface area contributed by atoms with Crippen LogP contribution in [0.2, 0.25) is 5.04 Å². The number of hydrogen-bond acceptors (Lipinski definition) is 2. The van der Waals surface area contributed by atoms with Crippen LogP contribution >= 0.6 is 0 Å². The van der Waals surface area contributed by atoms with Crippen LogP contribution in [0, 0.1) is 0 Å². The smallest absolute Gasteiger partial charge is 0.317 e. The Morgan fingerprint density at radius 1 is 0.905 bits per heavy atom. The van der Waals surface area contributed by atoms with Crippen LogP contribution in [0.5, 0.6) is 11.5 Å². The fourth-order valence-corrected chi connectivity index (χ4v) is 2.29. The van der Waals surface area contributed by atoms with Gasteiger partial charge in [0.05, 0.1) is 0 Å². The third-order valence-corrected chi connectivity index (χ3v) is 4.65. The highest BCUT2D eigenvalue weighted by molar-refractivity contribution is 6.33. The topological polar surface area (TPSA) is 18.5 Å². The summed E-state index contributed by atoms with van der Waals surface area (Å²) in [5, 5.41) is 0.239. The molecule has 2 aromatic rings. The summed E-state index contributed by atoms with van der Waals surface area (Å²) in [4.78, 5) is 0. The first-order valence-electron chi connectivity index (χ1n) is 7.30. The van der Waals surface area contributed by atoms with Crippen molar-refractivity contribution in [1.82, 2.24) is 0 Å². The van der Waals surface area contributed by atoms with E-state index in [-0.39, 0.29) is 5.04 Å². The van der Waals surface area contributed by atoms with Gasteiger partial charge in [-0.25, -0.2) is 0 Å². The van der Waals surface area contributed by atoms with Crippen molar-refractivity contribution in [1.29, 1.82) is 0 Å². The Labute approximate surface area is 130 Å². The zero-order valence-electron chi connectivity index (χ0n) is 12.9. The highest BCUT2D eigenvalue weighted by Crippen LogP contribution is 2.28. The minimum absolute atomic E-state index is 0.239. The average Bonchev–Trinajstić information content (AvgIpc) is 2.53. The Bertz CT molecular complexity index is 535. The molecule has 0 saturated carbocycles. The number of ether oxygens (including phenoxy) is 1. The minimum atomic E-state index is 0.239. The molecule has 0 aliphatic rings. The molecule has 0 unspecified atom stereocenters. The van der Waals surface area contributed by atoms with Crippen molar-refractivity contribution in [2.45, 2.75) is 38.8 Å². The summed E-state index contributed by atoms with van der Waals surface area (Å²) in [6.07, 6.45) is 1.11. The largest absolute Gasteiger partial charge is 0.540 e. The van der Waals surface area contributed by atoms with E-state index in [1.54, 1.807) is 0 Å². The molecule has 3 heteroatoms. The van der Waals surface area contributed by atoms with Gasteiger partial charge in [0, 0.05) is 0 Å². The van der Waals surface area contributed by atoms with Gasteiger partial charge < -0.3 is 9.16 Å². The molecule has 0 aliphatic carbocycles. The zero-order valence-corrected chi connectivity index (χ0v) is 13.9. The van der Waals surface area contributed by atoms with Gasteiger partial charge in [0.2, 0.25) is 0 Å². The predicted molar refractivity (Wildman–Crippen MR) is 87.9 cm³/mol. The molecule has 2 nitrogen and oxygen atoms in total. The molecule has 2 rings (SSSR count). The van der Waals surface area contributed by atoms with E-state index in [0.717, 1.165) is 17.9 Å². The molecule has 0 bridgehead atoms. The lowest BCUT2D eigenvalue weighted by Crippen LogP contribution is -2.17. The Balaban J connectivity index is 1.84. The van der Waals surface area contributed by atoms with Crippen molar-refractivity contribution >= 4 is 9.76 Å². The molecule has 0 aromatic heterocycles. The van der Waals surface area contributed by atoms with Crippen LogP contribution in [0.3, 0.4) is 0 Å². The molecular formula is C18H22O2Si. The summed E-state index contributed by atoms with van der Waals surface area (Å²) in [6.45, 7) is 7.23. The van der Waals surface area contributed by atoms with Crippen molar-refractivity contribution in [3.63, 3.8) is 0 Å². The monoisotopic (exact) mass is 298 g/mol.